The largest absolute Gasteiger partial charge is 0.437 e. The van der Waals surface area contributed by atoms with Gasteiger partial charge < -0.3 is 4.74 Å². The second kappa shape index (κ2) is 4.60. The van der Waals surface area contributed by atoms with Gasteiger partial charge in [-0.2, -0.15) is 5.26 Å². The summed E-state index contributed by atoms with van der Waals surface area (Å²) in [6.07, 6.45) is 3.19. The zero-order chi connectivity index (χ0) is 11.4. The highest BCUT2D eigenvalue weighted by Gasteiger charge is 2.03. The summed E-state index contributed by atoms with van der Waals surface area (Å²) < 4.78 is 5.39. The summed E-state index contributed by atoms with van der Waals surface area (Å²) in [4.78, 5) is 7.84. The predicted molar refractivity (Wildman–Crippen MR) is 58.3 cm³/mol. The molecule has 0 bridgehead atoms. The van der Waals surface area contributed by atoms with Crippen LogP contribution in [0.15, 0.2) is 36.7 Å². The molecular formula is C11H6ClN3O. The van der Waals surface area contributed by atoms with Crippen molar-refractivity contribution in [2.24, 2.45) is 0 Å². The average molecular weight is 232 g/mol. The SMILES string of the molecule is N#Cc1cc(Cl)nc(Oc2cccnc2)c1. The Balaban J connectivity index is 2.29. The summed E-state index contributed by atoms with van der Waals surface area (Å²) >= 11 is 5.74. The van der Waals surface area contributed by atoms with E-state index in [9.17, 15) is 0 Å². The average Bonchev–Trinajstić information content (AvgIpc) is 2.29. The van der Waals surface area contributed by atoms with Crippen molar-refractivity contribution in [2.45, 2.75) is 0 Å². The number of pyridine rings is 2. The first-order chi connectivity index (χ1) is 7.78. The van der Waals surface area contributed by atoms with Gasteiger partial charge in [-0.1, -0.05) is 11.6 Å². The molecular weight excluding hydrogens is 226 g/mol. The molecule has 0 unspecified atom stereocenters. The number of ether oxygens (including phenoxy) is 1. The van der Waals surface area contributed by atoms with Crippen molar-refractivity contribution in [3.05, 3.63) is 47.4 Å². The van der Waals surface area contributed by atoms with Gasteiger partial charge in [0.2, 0.25) is 5.88 Å². The topological polar surface area (TPSA) is 58.8 Å². The van der Waals surface area contributed by atoms with Crippen molar-refractivity contribution in [1.82, 2.24) is 9.97 Å². The fourth-order valence-corrected chi connectivity index (χ4v) is 1.32. The van der Waals surface area contributed by atoms with Gasteiger partial charge in [-0.3, -0.25) is 4.98 Å². The lowest BCUT2D eigenvalue weighted by Gasteiger charge is -2.04. The lowest BCUT2D eigenvalue weighted by Crippen LogP contribution is -1.90. The van der Waals surface area contributed by atoms with E-state index in [2.05, 4.69) is 9.97 Å². The molecule has 2 rings (SSSR count). The van der Waals surface area contributed by atoms with Gasteiger partial charge in [0.05, 0.1) is 17.8 Å². The number of hydrogen-bond acceptors (Lipinski definition) is 4. The molecule has 4 nitrogen and oxygen atoms in total. The normalized spacial score (nSPS) is 9.50. The molecule has 0 atom stereocenters. The molecule has 0 aromatic carbocycles. The molecule has 2 heterocycles. The van der Waals surface area contributed by atoms with Crippen LogP contribution in [0.3, 0.4) is 0 Å². The Labute approximate surface area is 97.1 Å². The summed E-state index contributed by atoms with van der Waals surface area (Å²) in [5.74, 6) is 0.818. The maximum atomic E-state index is 8.75. The maximum absolute atomic E-state index is 8.75. The zero-order valence-corrected chi connectivity index (χ0v) is 8.85. The van der Waals surface area contributed by atoms with Crippen LogP contribution < -0.4 is 4.74 Å². The van der Waals surface area contributed by atoms with Gasteiger partial charge in [0.1, 0.15) is 10.9 Å². The third-order valence-corrected chi connectivity index (χ3v) is 1.95. The van der Waals surface area contributed by atoms with Gasteiger partial charge in [0, 0.05) is 12.3 Å². The van der Waals surface area contributed by atoms with E-state index in [4.69, 9.17) is 21.6 Å². The monoisotopic (exact) mass is 231 g/mol. The van der Waals surface area contributed by atoms with E-state index in [1.165, 1.54) is 12.1 Å². The molecule has 0 radical (unpaired) electrons. The van der Waals surface area contributed by atoms with Crippen LogP contribution in [-0.4, -0.2) is 9.97 Å². The quantitative estimate of drug-likeness (QED) is 0.746. The highest BCUT2D eigenvalue weighted by Crippen LogP contribution is 2.21. The Morgan fingerprint density at radius 3 is 2.94 bits per heavy atom. The third-order valence-electron chi connectivity index (χ3n) is 1.76. The smallest absolute Gasteiger partial charge is 0.222 e. The Bertz CT molecular complexity index is 537. The van der Waals surface area contributed by atoms with Gasteiger partial charge in [-0.15, -0.1) is 0 Å². The van der Waals surface area contributed by atoms with Crippen LogP contribution in [0.1, 0.15) is 5.56 Å². The van der Waals surface area contributed by atoms with Crippen molar-refractivity contribution in [3.63, 3.8) is 0 Å². The number of nitriles is 1. The van der Waals surface area contributed by atoms with Crippen LogP contribution in [0.4, 0.5) is 0 Å². The number of aromatic nitrogens is 2. The van der Waals surface area contributed by atoms with Gasteiger partial charge in [-0.05, 0) is 18.2 Å². The Morgan fingerprint density at radius 1 is 1.38 bits per heavy atom. The number of rotatable bonds is 2. The fraction of sp³-hybridized carbons (Fsp3) is 0. The second-order valence-electron chi connectivity index (χ2n) is 2.92. The van der Waals surface area contributed by atoms with Crippen LogP contribution in [0.2, 0.25) is 5.15 Å². The van der Waals surface area contributed by atoms with E-state index in [-0.39, 0.29) is 11.0 Å². The van der Waals surface area contributed by atoms with Crippen molar-refractivity contribution in [1.29, 1.82) is 5.26 Å². The standard InChI is InChI=1S/C11H6ClN3O/c12-10-4-8(6-13)5-11(15-10)16-9-2-1-3-14-7-9/h1-5,7H. The number of halogens is 1. The summed E-state index contributed by atoms with van der Waals surface area (Å²) in [5, 5.41) is 8.97. The minimum Gasteiger partial charge on any atom is -0.437 e. The summed E-state index contributed by atoms with van der Waals surface area (Å²) in [6, 6.07) is 8.44. The van der Waals surface area contributed by atoms with E-state index >= 15 is 0 Å². The molecule has 0 aliphatic rings. The van der Waals surface area contributed by atoms with Gasteiger partial charge in [0.15, 0.2) is 0 Å². The molecule has 0 aliphatic heterocycles. The van der Waals surface area contributed by atoms with Crippen LogP contribution in [0.5, 0.6) is 11.6 Å². The first kappa shape index (κ1) is 10.4. The molecule has 78 valence electrons. The molecule has 0 aliphatic carbocycles. The van der Waals surface area contributed by atoms with Crippen LogP contribution >= 0.6 is 11.6 Å². The molecule has 5 heteroatoms. The molecule has 2 aromatic heterocycles. The molecule has 0 fully saturated rings. The van der Waals surface area contributed by atoms with Gasteiger partial charge >= 0.3 is 0 Å². The molecule has 0 saturated carbocycles. The predicted octanol–water partition coefficient (Wildman–Crippen LogP) is 2.79. The minimum atomic E-state index is 0.220. The molecule has 0 N–H and O–H groups in total. The molecule has 16 heavy (non-hydrogen) atoms. The number of nitrogens with zero attached hydrogens (tertiary/aromatic N) is 3. The summed E-state index contributed by atoms with van der Waals surface area (Å²) in [5.41, 5.74) is 0.402. The Kier molecular flexibility index (Phi) is 2.99. The maximum Gasteiger partial charge on any atom is 0.222 e. The molecule has 0 amide bonds. The first-order valence-corrected chi connectivity index (χ1v) is 4.81. The van der Waals surface area contributed by atoms with E-state index in [1.807, 2.05) is 6.07 Å². The van der Waals surface area contributed by atoms with E-state index < -0.39 is 0 Å². The molecule has 0 saturated heterocycles. The van der Waals surface area contributed by atoms with Crippen molar-refractivity contribution >= 4 is 11.6 Å². The summed E-state index contributed by atoms with van der Waals surface area (Å²) in [7, 11) is 0. The van der Waals surface area contributed by atoms with Gasteiger partial charge in [0.25, 0.3) is 0 Å². The second-order valence-corrected chi connectivity index (χ2v) is 3.31. The van der Waals surface area contributed by atoms with Crippen molar-refractivity contribution in [2.75, 3.05) is 0 Å². The van der Waals surface area contributed by atoms with Crippen molar-refractivity contribution < 1.29 is 4.74 Å². The molecule has 0 spiro atoms. The minimum absolute atomic E-state index is 0.220. The highest BCUT2D eigenvalue weighted by atomic mass is 35.5. The molecule has 2 aromatic rings. The highest BCUT2D eigenvalue weighted by molar-refractivity contribution is 6.29. The lowest BCUT2D eigenvalue weighted by atomic mass is 10.3. The van der Waals surface area contributed by atoms with E-state index in [0.29, 0.717) is 11.3 Å². The number of hydrogen-bond donors (Lipinski definition) is 0. The fourth-order valence-electron chi connectivity index (χ4n) is 1.12. The Morgan fingerprint density at radius 2 is 2.25 bits per heavy atom. The van der Waals surface area contributed by atoms with Crippen molar-refractivity contribution in [3.8, 4) is 17.7 Å². The third kappa shape index (κ3) is 2.47. The Hall–Kier alpha value is -2.12. The van der Waals surface area contributed by atoms with Crippen LogP contribution in [0, 0.1) is 11.3 Å². The van der Waals surface area contributed by atoms with E-state index in [1.54, 1.807) is 24.5 Å². The summed E-state index contributed by atoms with van der Waals surface area (Å²) in [6.45, 7) is 0. The van der Waals surface area contributed by atoms with Gasteiger partial charge in [-0.25, -0.2) is 4.98 Å². The first-order valence-electron chi connectivity index (χ1n) is 4.43. The zero-order valence-electron chi connectivity index (χ0n) is 8.09. The van der Waals surface area contributed by atoms with Crippen LogP contribution in [-0.2, 0) is 0 Å². The van der Waals surface area contributed by atoms with E-state index in [0.717, 1.165) is 0 Å². The lowest BCUT2D eigenvalue weighted by molar-refractivity contribution is 0.461. The van der Waals surface area contributed by atoms with Crippen LogP contribution in [0.25, 0.3) is 0 Å².